The van der Waals surface area contributed by atoms with Gasteiger partial charge in [0.05, 0.1) is 0 Å². The molecule has 3 aliphatic carbocycles. The highest BCUT2D eigenvalue weighted by atomic mass is 16.3. The maximum absolute atomic E-state index is 10.5. The van der Waals surface area contributed by atoms with Gasteiger partial charge in [0.25, 0.3) is 0 Å². The van der Waals surface area contributed by atoms with E-state index < -0.39 is 0 Å². The van der Waals surface area contributed by atoms with Crippen LogP contribution in [0.3, 0.4) is 0 Å². The van der Waals surface area contributed by atoms with E-state index in [4.69, 9.17) is 5.84 Å². The summed E-state index contributed by atoms with van der Waals surface area (Å²) in [5, 5.41) is 14.7. The van der Waals surface area contributed by atoms with Crippen molar-refractivity contribution < 1.29 is 5.11 Å². The average molecular weight is 341 g/mol. The molecule has 0 aromatic heterocycles. The van der Waals surface area contributed by atoms with Gasteiger partial charge in [-0.05, 0) is 84.5 Å². The first-order chi connectivity index (χ1) is 11.8. The second kappa shape index (κ2) is 5.49. The second-order valence-corrected chi connectivity index (χ2v) is 9.80. The van der Waals surface area contributed by atoms with Crippen LogP contribution in [0.15, 0.2) is 17.2 Å². The van der Waals surface area contributed by atoms with Gasteiger partial charge in [-0.15, -0.1) is 0 Å². The van der Waals surface area contributed by atoms with E-state index in [1.807, 2.05) is 0 Å². The van der Waals surface area contributed by atoms with E-state index >= 15 is 0 Å². The van der Waals surface area contributed by atoms with Crippen LogP contribution in [-0.4, -0.2) is 10.8 Å². The zero-order valence-electron chi connectivity index (χ0n) is 16.1. The minimum Gasteiger partial charge on any atom is -0.508 e. The summed E-state index contributed by atoms with van der Waals surface area (Å²) in [5.74, 6) is 8.29. The first-order valence-electron chi connectivity index (χ1n) is 9.89. The molecule has 0 aliphatic heterocycles. The van der Waals surface area contributed by atoms with Crippen LogP contribution < -0.4 is 5.84 Å². The molecule has 25 heavy (non-hydrogen) atoms. The Morgan fingerprint density at radius 2 is 1.92 bits per heavy atom. The number of aromatic hydroxyl groups is 1. The zero-order chi connectivity index (χ0) is 18.0. The summed E-state index contributed by atoms with van der Waals surface area (Å²) in [5.41, 5.74) is 5.43. The Bertz CT molecular complexity index is 730. The molecule has 0 saturated heterocycles. The molecule has 3 nitrogen and oxygen atoms in total. The van der Waals surface area contributed by atoms with E-state index in [-0.39, 0.29) is 10.8 Å². The molecule has 0 heterocycles. The quantitative estimate of drug-likeness (QED) is 0.523. The van der Waals surface area contributed by atoms with Gasteiger partial charge in [-0.25, -0.2) is 0 Å². The van der Waals surface area contributed by atoms with Crippen LogP contribution in [0, 0.1) is 17.3 Å². The highest BCUT2D eigenvalue weighted by Crippen LogP contribution is 2.60. The number of rotatable bonds is 0. The SMILES string of the molecule is CC(C)(C)c1cc2c(cc1O)CC[C@@H]1[C@@H]2CC[C@]2(C)/C(=N/N)CC[C@@H]12. The van der Waals surface area contributed by atoms with Gasteiger partial charge in [0.1, 0.15) is 5.75 Å². The lowest BCUT2D eigenvalue weighted by atomic mass is 9.55. The van der Waals surface area contributed by atoms with Gasteiger partial charge < -0.3 is 10.9 Å². The van der Waals surface area contributed by atoms with Crippen molar-refractivity contribution in [1.82, 2.24) is 0 Å². The maximum Gasteiger partial charge on any atom is 0.119 e. The van der Waals surface area contributed by atoms with Crippen LogP contribution in [0.5, 0.6) is 5.75 Å². The molecule has 0 spiro atoms. The molecule has 3 aliphatic rings. The Balaban J connectivity index is 1.75. The number of phenols is 1. The molecule has 4 atom stereocenters. The molecule has 0 unspecified atom stereocenters. The lowest BCUT2D eigenvalue weighted by molar-refractivity contribution is 0.0954. The summed E-state index contributed by atoms with van der Waals surface area (Å²) in [6, 6.07) is 4.39. The Labute approximate surface area is 151 Å². The van der Waals surface area contributed by atoms with Gasteiger partial charge in [-0.2, -0.15) is 5.10 Å². The monoisotopic (exact) mass is 340 g/mol. The number of nitrogens with zero attached hydrogens (tertiary/aromatic N) is 1. The average Bonchev–Trinajstić information content (AvgIpc) is 2.89. The normalized spacial score (nSPS) is 36.0. The third kappa shape index (κ3) is 2.42. The van der Waals surface area contributed by atoms with Gasteiger partial charge in [-0.3, -0.25) is 0 Å². The topological polar surface area (TPSA) is 58.6 Å². The first kappa shape index (κ1) is 16.9. The van der Waals surface area contributed by atoms with Crippen LogP contribution >= 0.6 is 0 Å². The minimum absolute atomic E-state index is 0.0258. The van der Waals surface area contributed by atoms with Crippen LogP contribution in [-0.2, 0) is 11.8 Å². The fourth-order valence-electron chi connectivity index (χ4n) is 6.21. The predicted octanol–water partition coefficient (Wildman–Crippen LogP) is 4.86. The zero-order valence-corrected chi connectivity index (χ0v) is 16.1. The molecule has 0 bridgehead atoms. The molecule has 2 saturated carbocycles. The van der Waals surface area contributed by atoms with Crippen molar-refractivity contribution in [1.29, 1.82) is 0 Å². The molecular weight excluding hydrogens is 308 g/mol. The molecule has 2 fully saturated rings. The lowest BCUT2D eigenvalue weighted by Crippen LogP contribution is -2.42. The van der Waals surface area contributed by atoms with Gasteiger partial charge in [0, 0.05) is 11.1 Å². The number of hydrogen-bond acceptors (Lipinski definition) is 3. The van der Waals surface area contributed by atoms with E-state index in [1.54, 1.807) is 0 Å². The van der Waals surface area contributed by atoms with E-state index in [0.29, 0.717) is 17.6 Å². The third-order valence-electron chi connectivity index (χ3n) is 7.55. The van der Waals surface area contributed by atoms with Crippen LogP contribution in [0.4, 0.5) is 0 Å². The minimum atomic E-state index is -0.0258. The van der Waals surface area contributed by atoms with E-state index in [2.05, 4.69) is 44.9 Å². The summed E-state index contributed by atoms with van der Waals surface area (Å²) in [7, 11) is 0. The number of phenolic OH excluding ortho intramolecular Hbond substituents is 1. The van der Waals surface area contributed by atoms with Crippen molar-refractivity contribution in [2.45, 2.75) is 77.6 Å². The Hall–Kier alpha value is -1.51. The van der Waals surface area contributed by atoms with Crippen molar-refractivity contribution >= 4 is 5.71 Å². The third-order valence-corrected chi connectivity index (χ3v) is 7.55. The van der Waals surface area contributed by atoms with Crippen LogP contribution in [0.2, 0.25) is 0 Å². The summed E-state index contributed by atoms with van der Waals surface area (Å²) in [6.45, 7) is 8.97. The molecule has 136 valence electrons. The van der Waals surface area contributed by atoms with Crippen LogP contribution in [0.1, 0.15) is 82.4 Å². The van der Waals surface area contributed by atoms with Gasteiger partial charge in [0.15, 0.2) is 0 Å². The standard InChI is InChI=1S/C22H32N2O/c1-21(2,3)18-12-16-13(11-19(18)25)5-6-15-14(16)9-10-22(4)17(15)7-8-20(22)24-23/h11-12,14-15,17,25H,5-10,23H2,1-4H3/b24-20+/t14-,15+,17-,22-/m0/s1. The van der Waals surface area contributed by atoms with Gasteiger partial charge in [0.2, 0.25) is 0 Å². The first-order valence-corrected chi connectivity index (χ1v) is 9.89. The number of aryl methyl sites for hydroxylation is 1. The van der Waals surface area contributed by atoms with Crippen LogP contribution in [0.25, 0.3) is 0 Å². The maximum atomic E-state index is 10.5. The number of hydrogen-bond donors (Lipinski definition) is 2. The number of nitrogens with two attached hydrogens (primary N) is 1. The Kier molecular flexibility index (Phi) is 3.72. The summed E-state index contributed by atoms with van der Waals surface area (Å²) >= 11 is 0. The molecule has 0 amide bonds. The molecule has 3 N–H and O–H groups in total. The highest BCUT2D eigenvalue weighted by molar-refractivity contribution is 5.92. The molecule has 4 rings (SSSR count). The Morgan fingerprint density at radius 1 is 1.16 bits per heavy atom. The van der Waals surface area contributed by atoms with Crippen molar-refractivity contribution in [2.75, 3.05) is 0 Å². The van der Waals surface area contributed by atoms with Crippen molar-refractivity contribution in [3.63, 3.8) is 0 Å². The number of fused-ring (bicyclic) bond motifs is 5. The van der Waals surface area contributed by atoms with Crippen molar-refractivity contribution in [3.05, 3.63) is 28.8 Å². The molecule has 3 heteroatoms. The number of benzene rings is 1. The van der Waals surface area contributed by atoms with Gasteiger partial charge in [-0.1, -0.05) is 33.8 Å². The lowest BCUT2D eigenvalue weighted by Gasteiger charge is -2.49. The largest absolute Gasteiger partial charge is 0.508 e. The van der Waals surface area contributed by atoms with Crippen molar-refractivity contribution in [3.8, 4) is 5.75 Å². The predicted molar refractivity (Wildman–Crippen MR) is 103 cm³/mol. The molecule has 0 radical (unpaired) electrons. The molecule has 1 aromatic carbocycles. The smallest absolute Gasteiger partial charge is 0.119 e. The Morgan fingerprint density at radius 3 is 2.60 bits per heavy atom. The second-order valence-electron chi connectivity index (χ2n) is 9.80. The van der Waals surface area contributed by atoms with E-state index in [0.717, 1.165) is 24.3 Å². The summed E-state index contributed by atoms with van der Waals surface area (Å²) in [6.07, 6.45) is 7.07. The van der Waals surface area contributed by atoms with E-state index in [1.165, 1.54) is 42.5 Å². The summed E-state index contributed by atoms with van der Waals surface area (Å²) in [4.78, 5) is 0. The van der Waals surface area contributed by atoms with Gasteiger partial charge >= 0.3 is 0 Å². The fraction of sp³-hybridized carbons (Fsp3) is 0.682. The molecule has 1 aromatic rings. The van der Waals surface area contributed by atoms with E-state index in [9.17, 15) is 5.11 Å². The summed E-state index contributed by atoms with van der Waals surface area (Å²) < 4.78 is 0. The number of hydrazone groups is 1. The fourth-order valence-corrected chi connectivity index (χ4v) is 6.21. The van der Waals surface area contributed by atoms with Crippen molar-refractivity contribution in [2.24, 2.45) is 28.2 Å². The molecular formula is C22H32N2O. The highest BCUT2D eigenvalue weighted by Gasteiger charge is 2.53.